The van der Waals surface area contributed by atoms with Crippen LogP contribution in [-0.4, -0.2) is 0 Å². The zero-order chi connectivity index (χ0) is 22.5. The SMILES string of the molecule is CC1(C)c2ccccc2N(c2ccc(C(F)(F)F)cc2-c2ccccc2)c2ccccc21. The summed E-state index contributed by atoms with van der Waals surface area (Å²) < 4.78 is 40.9. The predicted molar refractivity (Wildman–Crippen MR) is 124 cm³/mol. The van der Waals surface area contributed by atoms with Crippen LogP contribution < -0.4 is 4.90 Å². The molecule has 0 atom stereocenters. The Kier molecular flexibility index (Phi) is 4.63. The third-order valence-electron chi connectivity index (χ3n) is 6.29. The fraction of sp³-hybridized carbons (Fsp3) is 0.143. The fourth-order valence-corrected chi connectivity index (χ4v) is 4.68. The summed E-state index contributed by atoms with van der Waals surface area (Å²) in [5, 5.41) is 0. The Morgan fingerprint density at radius 2 is 1.16 bits per heavy atom. The number of fused-ring (bicyclic) bond motifs is 2. The van der Waals surface area contributed by atoms with Gasteiger partial charge >= 0.3 is 6.18 Å². The van der Waals surface area contributed by atoms with Crippen LogP contribution in [0.1, 0.15) is 30.5 Å². The normalized spacial score (nSPS) is 14.6. The smallest absolute Gasteiger partial charge is 0.309 e. The number of rotatable bonds is 2. The molecule has 1 nitrogen and oxygen atoms in total. The summed E-state index contributed by atoms with van der Waals surface area (Å²) in [5.74, 6) is 0. The lowest BCUT2D eigenvalue weighted by atomic mass is 9.73. The van der Waals surface area contributed by atoms with E-state index >= 15 is 0 Å². The second-order valence-electron chi connectivity index (χ2n) is 8.59. The van der Waals surface area contributed by atoms with E-state index < -0.39 is 11.7 Å². The molecule has 0 radical (unpaired) electrons. The van der Waals surface area contributed by atoms with Crippen molar-refractivity contribution in [1.29, 1.82) is 0 Å². The number of para-hydroxylation sites is 2. The Morgan fingerprint density at radius 3 is 1.72 bits per heavy atom. The van der Waals surface area contributed by atoms with Gasteiger partial charge in [-0.25, -0.2) is 0 Å². The molecule has 0 saturated carbocycles. The summed E-state index contributed by atoms with van der Waals surface area (Å²) in [6.07, 6.45) is -4.41. The first-order valence-electron chi connectivity index (χ1n) is 10.5. The molecule has 0 bridgehead atoms. The third-order valence-corrected chi connectivity index (χ3v) is 6.29. The van der Waals surface area contributed by atoms with Crippen molar-refractivity contribution < 1.29 is 13.2 Å². The van der Waals surface area contributed by atoms with Gasteiger partial charge in [0.15, 0.2) is 0 Å². The second kappa shape index (κ2) is 7.27. The largest absolute Gasteiger partial charge is 0.416 e. The number of benzene rings is 4. The van der Waals surface area contributed by atoms with Crippen molar-refractivity contribution in [3.05, 3.63) is 114 Å². The van der Waals surface area contributed by atoms with E-state index in [1.54, 1.807) is 6.07 Å². The molecule has 0 N–H and O–H groups in total. The molecule has 0 fully saturated rings. The lowest BCUT2D eigenvalue weighted by Crippen LogP contribution is -2.30. The van der Waals surface area contributed by atoms with Crippen molar-refractivity contribution in [3.63, 3.8) is 0 Å². The van der Waals surface area contributed by atoms with E-state index in [1.807, 2.05) is 66.7 Å². The van der Waals surface area contributed by atoms with Gasteiger partial charge in [-0.1, -0.05) is 80.6 Å². The van der Waals surface area contributed by atoms with Gasteiger partial charge in [0.05, 0.1) is 22.6 Å². The predicted octanol–water partition coefficient (Wildman–Crippen LogP) is 8.48. The van der Waals surface area contributed by atoms with Gasteiger partial charge in [-0.3, -0.25) is 0 Å². The maximum absolute atomic E-state index is 13.6. The molecule has 4 aromatic carbocycles. The minimum Gasteiger partial charge on any atom is -0.309 e. The van der Waals surface area contributed by atoms with Crippen LogP contribution in [0, 0.1) is 0 Å². The molecule has 1 aliphatic rings. The van der Waals surface area contributed by atoms with Crippen molar-refractivity contribution >= 4 is 17.1 Å². The Balaban J connectivity index is 1.83. The highest BCUT2D eigenvalue weighted by Gasteiger charge is 2.38. The summed E-state index contributed by atoms with van der Waals surface area (Å²) in [6.45, 7) is 4.37. The zero-order valence-electron chi connectivity index (χ0n) is 17.8. The maximum Gasteiger partial charge on any atom is 0.416 e. The van der Waals surface area contributed by atoms with Gasteiger partial charge in [-0.2, -0.15) is 13.2 Å². The average molecular weight is 429 g/mol. The van der Waals surface area contributed by atoms with Gasteiger partial charge < -0.3 is 4.90 Å². The molecule has 160 valence electrons. The van der Waals surface area contributed by atoms with Gasteiger partial charge in [-0.05, 0) is 47.0 Å². The molecule has 32 heavy (non-hydrogen) atoms. The lowest BCUT2D eigenvalue weighted by Gasteiger charge is -2.42. The molecule has 4 heteroatoms. The van der Waals surface area contributed by atoms with E-state index in [0.717, 1.165) is 33.8 Å². The molecule has 5 rings (SSSR count). The summed E-state index contributed by atoms with van der Waals surface area (Å²) in [7, 11) is 0. The summed E-state index contributed by atoms with van der Waals surface area (Å²) in [5.41, 5.74) is 5.36. The van der Waals surface area contributed by atoms with Gasteiger partial charge in [0.1, 0.15) is 0 Å². The second-order valence-corrected chi connectivity index (χ2v) is 8.59. The average Bonchev–Trinajstić information content (AvgIpc) is 2.79. The molecule has 0 spiro atoms. The van der Waals surface area contributed by atoms with Crippen molar-refractivity contribution in [1.82, 2.24) is 0 Å². The zero-order valence-corrected chi connectivity index (χ0v) is 17.8. The van der Waals surface area contributed by atoms with E-state index in [-0.39, 0.29) is 5.41 Å². The van der Waals surface area contributed by atoms with E-state index in [1.165, 1.54) is 12.1 Å². The van der Waals surface area contributed by atoms with Crippen LogP contribution in [0.15, 0.2) is 97.1 Å². The molecular formula is C28H22F3N. The number of hydrogen-bond acceptors (Lipinski definition) is 1. The highest BCUT2D eigenvalue weighted by atomic mass is 19.4. The first kappa shape index (κ1) is 20.4. The molecule has 0 amide bonds. The standard InChI is InChI=1S/C28H22F3N/c1-27(2)22-12-6-8-14-25(22)32(26-15-9-7-13-23(26)27)24-17-16-20(28(29,30)31)18-21(24)19-10-4-3-5-11-19/h3-18H,1-2H3. The molecule has 0 aliphatic carbocycles. The van der Waals surface area contributed by atoms with Crippen LogP contribution in [-0.2, 0) is 11.6 Å². The maximum atomic E-state index is 13.6. The van der Waals surface area contributed by atoms with E-state index in [2.05, 4.69) is 30.9 Å². The van der Waals surface area contributed by atoms with Crippen molar-refractivity contribution in [2.45, 2.75) is 25.4 Å². The first-order chi connectivity index (χ1) is 15.3. The number of alkyl halides is 3. The van der Waals surface area contributed by atoms with Gasteiger partial charge in [0, 0.05) is 11.0 Å². The lowest BCUT2D eigenvalue weighted by molar-refractivity contribution is -0.137. The van der Waals surface area contributed by atoms with Crippen LogP contribution in [0.5, 0.6) is 0 Å². The van der Waals surface area contributed by atoms with Crippen LogP contribution >= 0.6 is 0 Å². The Labute approximate surface area is 185 Å². The topological polar surface area (TPSA) is 3.24 Å². The molecule has 0 unspecified atom stereocenters. The minimum absolute atomic E-state index is 0.234. The molecule has 0 aromatic heterocycles. The van der Waals surface area contributed by atoms with Gasteiger partial charge in [0.2, 0.25) is 0 Å². The summed E-state index contributed by atoms with van der Waals surface area (Å²) >= 11 is 0. The molecule has 4 aromatic rings. The number of halogens is 3. The summed E-state index contributed by atoms with van der Waals surface area (Å²) in [4.78, 5) is 2.10. The summed E-state index contributed by atoms with van der Waals surface area (Å²) in [6, 6.07) is 29.5. The van der Waals surface area contributed by atoms with Crippen LogP contribution in [0.4, 0.5) is 30.2 Å². The number of nitrogens with zero attached hydrogens (tertiary/aromatic N) is 1. The quantitative estimate of drug-likeness (QED) is 0.309. The number of anilines is 3. The molecular weight excluding hydrogens is 407 g/mol. The van der Waals surface area contributed by atoms with E-state index in [9.17, 15) is 13.2 Å². The van der Waals surface area contributed by atoms with Crippen molar-refractivity contribution in [2.75, 3.05) is 4.90 Å². The molecule has 0 saturated heterocycles. The van der Waals surface area contributed by atoms with Crippen LogP contribution in [0.25, 0.3) is 11.1 Å². The monoisotopic (exact) mass is 429 g/mol. The van der Waals surface area contributed by atoms with Gasteiger partial charge in [-0.15, -0.1) is 0 Å². The Bertz CT molecular complexity index is 1240. The minimum atomic E-state index is -4.41. The number of hydrogen-bond donors (Lipinski definition) is 0. The van der Waals surface area contributed by atoms with Gasteiger partial charge in [0.25, 0.3) is 0 Å². The highest BCUT2D eigenvalue weighted by molar-refractivity contribution is 5.92. The Hall–Kier alpha value is -3.53. The fourth-order valence-electron chi connectivity index (χ4n) is 4.68. The van der Waals surface area contributed by atoms with Crippen molar-refractivity contribution in [2.24, 2.45) is 0 Å². The Morgan fingerprint density at radius 1 is 0.625 bits per heavy atom. The van der Waals surface area contributed by atoms with E-state index in [4.69, 9.17) is 0 Å². The van der Waals surface area contributed by atoms with Crippen LogP contribution in [0.3, 0.4) is 0 Å². The van der Waals surface area contributed by atoms with Crippen molar-refractivity contribution in [3.8, 4) is 11.1 Å². The van der Waals surface area contributed by atoms with Crippen LogP contribution in [0.2, 0.25) is 0 Å². The third kappa shape index (κ3) is 3.18. The highest BCUT2D eigenvalue weighted by Crippen LogP contribution is 2.53. The molecule has 1 heterocycles. The molecule has 1 aliphatic heterocycles. The first-order valence-corrected chi connectivity index (χ1v) is 10.5. The van der Waals surface area contributed by atoms with E-state index in [0.29, 0.717) is 5.56 Å².